The van der Waals surface area contributed by atoms with Crippen LogP contribution in [0.15, 0.2) is 40.3 Å². The summed E-state index contributed by atoms with van der Waals surface area (Å²) in [7, 11) is 0. The molecule has 1 N–H and O–H groups in total. The van der Waals surface area contributed by atoms with E-state index in [1.807, 2.05) is 13.8 Å². The predicted octanol–water partition coefficient (Wildman–Crippen LogP) is 8.47. The summed E-state index contributed by atoms with van der Waals surface area (Å²) in [5, 5.41) is 4.53. The summed E-state index contributed by atoms with van der Waals surface area (Å²) in [6.07, 6.45) is 4.46. The highest BCUT2D eigenvalue weighted by atomic mass is 32.2. The standard InChI is InChI=1S/C35H42FN3O4S3/c1-7-35(5,6)22-11-14-24-27(17-22)46-31-29(24)32(41)39(16-15-21-9-12-23(36)13-10-21)34(38-31)44-19-28(40)37-30-25(33(42)43-8-2)18-26(45-30)20(3)4/h9-10,12-13,18,20,22H,7-8,11,14-17,19H2,1-6H3,(H,37,40). The summed E-state index contributed by atoms with van der Waals surface area (Å²) in [5.41, 5.74) is 2.50. The Hall–Kier alpha value is -3.02. The van der Waals surface area contributed by atoms with Crippen molar-refractivity contribution in [1.82, 2.24) is 9.55 Å². The number of hydrogen-bond acceptors (Lipinski definition) is 8. The van der Waals surface area contributed by atoms with Gasteiger partial charge in [-0.2, -0.15) is 0 Å². The summed E-state index contributed by atoms with van der Waals surface area (Å²) in [4.78, 5) is 48.0. The van der Waals surface area contributed by atoms with Crippen molar-refractivity contribution in [2.24, 2.45) is 11.3 Å². The molecule has 4 aromatic rings. The number of carbonyl (C=O) groups is 2. The number of esters is 1. The molecule has 5 rings (SSSR count). The smallest absolute Gasteiger partial charge is 0.341 e. The van der Waals surface area contributed by atoms with Crippen molar-refractivity contribution >= 4 is 61.5 Å². The molecule has 46 heavy (non-hydrogen) atoms. The van der Waals surface area contributed by atoms with Gasteiger partial charge in [0.25, 0.3) is 5.56 Å². The lowest BCUT2D eigenvalue weighted by atomic mass is 9.70. The summed E-state index contributed by atoms with van der Waals surface area (Å²) in [6.45, 7) is 13.3. The van der Waals surface area contributed by atoms with E-state index < -0.39 is 5.97 Å². The number of rotatable bonds is 12. The number of thiophene rings is 2. The molecule has 0 aliphatic heterocycles. The van der Waals surface area contributed by atoms with Crippen molar-refractivity contribution in [3.63, 3.8) is 0 Å². The van der Waals surface area contributed by atoms with Gasteiger partial charge < -0.3 is 10.1 Å². The van der Waals surface area contributed by atoms with Crippen LogP contribution in [0.2, 0.25) is 0 Å². The number of carbonyl (C=O) groups excluding carboxylic acids is 2. The normalized spacial score (nSPS) is 14.9. The number of benzene rings is 1. The van der Waals surface area contributed by atoms with Gasteiger partial charge in [0, 0.05) is 16.3 Å². The lowest BCUT2D eigenvalue weighted by Crippen LogP contribution is -2.29. The quantitative estimate of drug-likeness (QED) is 0.0916. The maximum atomic E-state index is 14.2. The van der Waals surface area contributed by atoms with Crippen molar-refractivity contribution in [2.45, 2.75) is 91.3 Å². The molecule has 3 heterocycles. The van der Waals surface area contributed by atoms with Crippen LogP contribution >= 0.6 is 34.4 Å². The first kappa shape index (κ1) is 34.3. The van der Waals surface area contributed by atoms with Crippen LogP contribution in [-0.4, -0.2) is 33.8 Å². The molecule has 0 saturated heterocycles. The molecular weight excluding hydrogens is 642 g/mol. The first-order valence-electron chi connectivity index (χ1n) is 15.9. The average Bonchev–Trinajstić information content (AvgIpc) is 3.62. The maximum Gasteiger partial charge on any atom is 0.341 e. The number of ether oxygens (including phenoxy) is 1. The number of nitrogens with one attached hydrogen (secondary N) is 1. The molecule has 1 aromatic carbocycles. The minimum absolute atomic E-state index is 0.00350. The number of thioether (sulfide) groups is 1. The summed E-state index contributed by atoms with van der Waals surface area (Å²) in [6, 6.07) is 8.07. The third-order valence-corrected chi connectivity index (χ3v) is 12.6. The van der Waals surface area contributed by atoms with Crippen molar-refractivity contribution < 1.29 is 18.7 Å². The molecular formula is C35H42FN3O4S3. The van der Waals surface area contributed by atoms with Crippen molar-refractivity contribution in [1.29, 1.82) is 0 Å². The summed E-state index contributed by atoms with van der Waals surface area (Å²) < 4.78 is 20.4. The number of halogens is 1. The third-order valence-electron chi connectivity index (χ3n) is 9.09. The van der Waals surface area contributed by atoms with E-state index in [0.717, 1.165) is 46.5 Å². The molecule has 0 bridgehead atoms. The van der Waals surface area contributed by atoms with Gasteiger partial charge in [-0.3, -0.25) is 14.2 Å². The van der Waals surface area contributed by atoms with Gasteiger partial charge in [0.05, 0.1) is 23.3 Å². The molecule has 1 atom stereocenters. The number of nitrogens with zero attached hydrogens (tertiary/aromatic N) is 2. The molecule has 11 heteroatoms. The van der Waals surface area contributed by atoms with E-state index in [9.17, 15) is 18.8 Å². The Morgan fingerprint density at radius 2 is 1.93 bits per heavy atom. The Kier molecular flexibility index (Phi) is 10.7. The predicted molar refractivity (Wildman–Crippen MR) is 187 cm³/mol. The Morgan fingerprint density at radius 3 is 2.61 bits per heavy atom. The Labute approximate surface area is 282 Å². The van der Waals surface area contributed by atoms with Gasteiger partial charge in [0.1, 0.15) is 15.6 Å². The number of hydrogen-bond donors (Lipinski definition) is 1. The minimum atomic E-state index is -0.471. The highest BCUT2D eigenvalue weighted by Crippen LogP contribution is 2.44. The number of amides is 1. The Balaban J connectivity index is 1.44. The van der Waals surface area contributed by atoms with Crippen LogP contribution in [0.25, 0.3) is 10.2 Å². The number of aromatic nitrogens is 2. The van der Waals surface area contributed by atoms with Gasteiger partial charge in [0.15, 0.2) is 5.16 Å². The number of anilines is 1. The first-order valence-corrected chi connectivity index (χ1v) is 18.6. The van der Waals surface area contributed by atoms with Gasteiger partial charge in [-0.25, -0.2) is 14.2 Å². The molecule has 0 fully saturated rings. The second kappa shape index (κ2) is 14.4. The van der Waals surface area contributed by atoms with Crippen LogP contribution in [0.3, 0.4) is 0 Å². The lowest BCUT2D eigenvalue weighted by molar-refractivity contribution is -0.113. The zero-order chi connectivity index (χ0) is 33.2. The molecule has 1 aliphatic rings. The summed E-state index contributed by atoms with van der Waals surface area (Å²) in [5.74, 6) is -0.348. The molecule has 246 valence electrons. The van der Waals surface area contributed by atoms with E-state index >= 15 is 0 Å². The fourth-order valence-corrected chi connectivity index (χ4v) is 9.07. The van der Waals surface area contributed by atoms with Gasteiger partial charge in [-0.05, 0) is 79.2 Å². The highest BCUT2D eigenvalue weighted by Gasteiger charge is 2.34. The van der Waals surface area contributed by atoms with Gasteiger partial charge in [-0.15, -0.1) is 22.7 Å². The topological polar surface area (TPSA) is 90.3 Å². The SMILES string of the molecule is CCOC(=O)c1cc(C(C)C)sc1NC(=O)CSc1nc2sc3c(c2c(=O)n1CCc1ccc(F)cc1)CCC(C(C)(C)CC)C3. The second-order valence-corrected chi connectivity index (χ2v) is 15.9. The van der Waals surface area contributed by atoms with Crippen LogP contribution in [0.4, 0.5) is 9.39 Å². The zero-order valence-corrected chi connectivity index (χ0v) is 29.8. The average molecular weight is 684 g/mol. The fourth-order valence-electron chi connectivity index (χ4n) is 5.84. The number of fused-ring (bicyclic) bond motifs is 3. The zero-order valence-electron chi connectivity index (χ0n) is 27.3. The largest absolute Gasteiger partial charge is 0.462 e. The highest BCUT2D eigenvalue weighted by molar-refractivity contribution is 7.99. The van der Waals surface area contributed by atoms with Crippen molar-refractivity contribution in [3.05, 3.63) is 72.9 Å². The van der Waals surface area contributed by atoms with Crippen molar-refractivity contribution in [2.75, 3.05) is 17.7 Å². The van der Waals surface area contributed by atoms with Gasteiger partial charge >= 0.3 is 5.97 Å². The van der Waals surface area contributed by atoms with Gasteiger partial charge in [-0.1, -0.05) is 64.9 Å². The fraction of sp³-hybridized carbons (Fsp3) is 0.486. The van der Waals surface area contributed by atoms with Crippen molar-refractivity contribution in [3.8, 4) is 0 Å². The van der Waals surface area contributed by atoms with Crippen LogP contribution in [0.1, 0.15) is 91.5 Å². The van der Waals surface area contributed by atoms with E-state index in [2.05, 4.69) is 26.1 Å². The Bertz CT molecular complexity index is 1790. The van der Waals surface area contributed by atoms with E-state index in [1.165, 1.54) is 40.1 Å². The number of aryl methyl sites for hydroxylation is 2. The van der Waals surface area contributed by atoms with E-state index in [0.29, 0.717) is 40.0 Å². The first-order chi connectivity index (χ1) is 21.9. The van der Waals surface area contributed by atoms with Gasteiger partial charge in [0.2, 0.25) is 5.91 Å². The maximum absolute atomic E-state index is 14.2. The van der Waals surface area contributed by atoms with Crippen LogP contribution in [-0.2, 0) is 35.3 Å². The van der Waals surface area contributed by atoms with Crippen LogP contribution < -0.4 is 10.9 Å². The molecule has 1 amide bonds. The van der Waals surface area contributed by atoms with E-state index in [4.69, 9.17) is 9.72 Å². The molecule has 0 radical (unpaired) electrons. The third kappa shape index (κ3) is 7.42. The molecule has 3 aromatic heterocycles. The van der Waals surface area contributed by atoms with E-state index in [1.54, 1.807) is 41.0 Å². The minimum Gasteiger partial charge on any atom is -0.462 e. The molecule has 0 saturated carbocycles. The molecule has 1 aliphatic carbocycles. The molecule has 0 spiro atoms. The Morgan fingerprint density at radius 1 is 1.20 bits per heavy atom. The molecule has 7 nitrogen and oxygen atoms in total. The lowest BCUT2D eigenvalue weighted by Gasteiger charge is -2.36. The van der Waals surface area contributed by atoms with E-state index in [-0.39, 0.29) is 41.0 Å². The second-order valence-electron chi connectivity index (χ2n) is 12.8. The van der Waals surface area contributed by atoms with Crippen LogP contribution in [0.5, 0.6) is 0 Å². The monoisotopic (exact) mass is 683 g/mol. The molecule has 1 unspecified atom stereocenters. The summed E-state index contributed by atoms with van der Waals surface area (Å²) >= 11 is 4.18. The van der Waals surface area contributed by atoms with Crippen LogP contribution in [0, 0.1) is 17.2 Å².